The monoisotopic (exact) mass is 347 g/mol. The van der Waals surface area contributed by atoms with Crippen molar-refractivity contribution in [2.24, 2.45) is 0 Å². The molecular weight excluding hydrogens is 326 g/mol. The van der Waals surface area contributed by atoms with Crippen LogP contribution in [0.5, 0.6) is 5.75 Å². The van der Waals surface area contributed by atoms with Crippen LogP contribution in [0, 0.1) is 0 Å². The Labute approximate surface area is 152 Å². The van der Waals surface area contributed by atoms with E-state index in [-0.39, 0.29) is 12.1 Å². The fourth-order valence-corrected chi connectivity index (χ4v) is 3.56. The number of hydrogen-bond donors (Lipinski definition) is 2. The Morgan fingerprint density at radius 2 is 2.12 bits per heavy atom. The number of pyridine rings is 1. The minimum Gasteiger partial charge on any atom is -0.497 e. The van der Waals surface area contributed by atoms with Crippen LogP contribution in [0.2, 0.25) is 0 Å². The molecule has 26 heavy (non-hydrogen) atoms. The van der Waals surface area contributed by atoms with Gasteiger partial charge in [-0.05, 0) is 54.7 Å². The lowest BCUT2D eigenvalue weighted by Gasteiger charge is -2.26. The molecule has 1 atom stereocenters. The molecule has 0 fully saturated rings. The van der Waals surface area contributed by atoms with Gasteiger partial charge in [-0.1, -0.05) is 18.2 Å². The molecule has 1 unspecified atom stereocenters. The third-order valence-corrected chi connectivity index (χ3v) is 4.91. The Morgan fingerprint density at radius 3 is 3.00 bits per heavy atom. The molecule has 2 N–H and O–H groups in total. The van der Waals surface area contributed by atoms with Crippen molar-refractivity contribution in [2.75, 3.05) is 12.4 Å². The first-order valence-electron chi connectivity index (χ1n) is 8.79. The zero-order valence-electron chi connectivity index (χ0n) is 14.7. The summed E-state index contributed by atoms with van der Waals surface area (Å²) in [6, 6.07) is 13.9. The number of urea groups is 1. The topological polar surface area (TPSA) is 63.2 Å². The zero-order chi connectivity index (χ0) is 17.9. The van der Waals surface area contributed by atoms with E-state index in [0.29, 0.717) is 0 Å². The minimum absolute atomic E-state index is 0.132. The van der Waals surface area contributed by atoms with Gasteiger partial charge in [-0.3, -0.25) is 4.98 Å². The summed E-state index contributed by atoms with van der Waals surface area (Å²) >= 11 is 0. The second kappa shape index (κ2) is 7.04. The number of nitrogens with zero attached hydrogens (tertiary/aromatic N) is 1. The van der Waals surface area contributed by atoms with Gasteiger partial charge in [0, 0.05) is 29.2 Å². The van der Waals surface area contributed by atoms with Crippen molar-refractivity contribution in [1.82, 2.24) is 10.3 Å². The Morgan fingerprint density at radius 1 is 1.19 bits per heavy atom. The largest absolute Gasteiger partial charge is 0.497 e. The van der Waals surface area contributed by atoms with Crippen molar-refractivity contribution in [1.29, 1.82) is 0 Å². The fourth-order valence-electron chi connectivity index (χ4n) is 3.56. The lowest BCUT2D eigenvalue weighted by Crippen LogP contribution is -2.41. The Kier molecular flexibility index (Phi) is 4.44. The van der Waals surface area contributed by atoms with Crippen LogP contribution >= 0.6 is 0 Å². The number of amides is 2. The molecule has 0 saturated heterocycles. The maximum atomic E-state index is 12.5. The highest BCUT2D eigenvalue weighted by molar-refractivity contribution is 6.01. The highest BCUT2D eigenvalue weighted by Gasteiger charge is 2.20. The molecule has 132 valence electrons. The molecule has 5 nitrogen and oxygen atoms in total. The molecule has 5 heteroatoms. The number of nitrogens with one attached hydrogen (secondary N) is 2. The standard InChI is InChI=1S/C21H21N3O2/c1-26-18-8-6-14-11-17(7-5-15(14)12-18)23-21(25)24-20-4-2-3-16-13-22-10-9-19(16)20/h2-4,6,8-10,12-13,17H,5,7,11H2,1H3,(H2,23,24,25). The summed E-state index contributed by atoms with van der Waals surface area (Å²) in [6.45, 7) is 0. The van der Waals surface area contributed by atoms with Crippen LogP contribution in [-0.4, -0.2) is 24.2 Å². The predicted octanol–water partition coefficient (Wildman–Crippen LogP) is 3.92. The fraction of sp³-hybridized carbons (Fsp3) is 0.238. The van der Waals surface area contributed by atoms with E-state index in [1.165, 1.54) is 11.1 Å². The van der Waals surface area contributed by atoms with E-state index in [9.17, 15) is 4.79 Å². The average molecular weight is 347 g/mol. The van der Waals surface area contributed by atoms with Crippen LogP contribution in [0.25, 0.3) is 10.8 Å². The van der Waals surface area contributed by atoms with Crippen LogP contribution < -0.4 is 15.4 Å². The molecule has 1 heterocycles. The first-order valence-corrected chi connectivity index (χ1v) is 8.79. The number of methoxy groups -OCH3 is 1. The van der Waals surface area contributed by atoms with Gasteiger partial charge in [0.1, 0.15) is 5.75 Å². The van der Waals surface area contributed by atoms with Crippen LogP contribution in [0.15, 0.2) is 54.9 Å². The van der Waals surface area contributed by atoms with Gasteiger partial charge >= 0.3 is 6.03 Å². The Balaban J connectivity index is 1.43. The molecule has 1 aliphatic rings. The quantitative estimate of drug-likeness (QED) is 0.755. The third-order valence-electron chi connectivity index (χ3n) is 4.91. The molecule has 0 saturated carbocycles. The van der Waals surface area contributed by atoms with Crippen molar-refractivity contribution in [3.8, 4) is 5.75 Å². The SMILES string of the molecule is COc1ccc2c(c1)CCC(NC(=O)Nc1cccc3cnccc13)C2. The Bertz CT molecular complexity index is 950. The highest BCUT2D eigenvalue weighted by Crippen LogP contribution is 2.26. The number of hydrogen-bond acceptors (Lipinski definition) is 3. The van der Waals surface area contributed by atoms with E-state index < -0.39 is 0 Å². The second-order valence-electron chi connectivity index (χ2n) is 6.58. The molecule has 0 radical (unpaired) electrons. The summed E-state index contributed by atoms with van der Waals surface area (Å²) in [4.78, 5) is 16.6. The van der Waals surface area contributed by atoms with Gasteiger partial charge in [-0.2, -0.15) is 0 Å². The van der Waals surface area contributed by atoms with Gasteiger partial charge in [0.25, 0.3) is 0 Å². The van der Waals surface area contributed by atoms with Gasteiger partial charge in [0.05, 0.1) is 12.8 Å². The second-order valence-corrected chi connectivity index (χ2v) is 6.58. The van der Waals surface area contributed by atoms with E-state index in [1.807, 2.05) is 30.3 Å². The van der Waals surface area contributed by atoms with Crippen molar-refractivity contribution < 1.29 is 9.53 Å². The lowest BCUT2D eigenvalue weighted by atomic mass is 9.88. The van der Waals surface area contributed by atoms with Crippen LogP contribution in [-0.2, 0) is 12.8 Å². The van der Waals surface area contributed by atoms with Gasteiger partial charge < -0.3 is 15.4 Å². The molecule has 2 amide bonds. The number of benzene rings is 2. The van der Waals surface area contributed by atoms with Gasteiger partial charge in [0.2, 0.25) is 0 Å². The summed E-state index contributed by atoms with van der Waals surface area (Å²) < 4.78 is 5.29. The van der Waals surface area contributed by atoms with Crippen LogP contribution in [0.1, 0.15) is 17.5 Å². The highest BCUT2D eigenvalue weighted by atomic mass is 16.5. The number of rotatable bonds is 3. The number of ether oxygens (including phenoxy) is 1. The van der Waals surface area contributed by atoms with Gasteiger partial charge in [-0.25, -0.2) is 4.79 Å². The molecule has 1 aliphatic carbocycles. The summed E-state index contributed by atoms with van der Waals surface area (Å²) in [5.41, 5.74) is 3.38. The number of aryl methyl sites for hydroxylation is 1. The average Bonchev–Trinajstić information content (AvgIpc) is 2.68. The molecule has 4 rings (SSSR count). The zero-order valence-corrected chi connectivity index (χ0v) is 14.7. The van der Waals surface area contributed by atoms with Crippen molar-refractivity contribution in [3.05, 3.63) is 66.0 Å². The minimum atomic E-state index is -0.170. The predicted molar refractivity (Wildman–Crippen MR) is 103 cm³/mol. The van der Waals surface area contributed by atoms with Crippen molar-refractivity contribution >= 4 is 22.5 Å². The molecule has 3 aromatic rings. The first kappa shape index (κ1) is 16.4. The summed E-state index contributed by atoms with van der Waals surface area (Å²) in [7, 11) is 1.68. The van der Waals surface area contributed by atoms with E-state index in [2.05, 4.69) is 27.8 Å². The molecule has 0 aliphatic heterocycles. The lowest BCUT2D eigenvalue weighted by molar-refractivity contribution is 0.247. The van der Waals surface area contributed by atoms with E-state index >= 15 is 0 Å². The first-order chi connectivity index (χ1) is 12.7. The molecular formula is C21H21N3O2. The maximum absolute atomic E-state index is 12.5. The van der Waals surface area contributed by atoms with E-state index in [4.69, 9.17) is 4.74 Å². The summed E-state index contributed by atoms with van der Waals surface area (Å²) in [5.74, 6) is 0.887. The summed E-state index contributed by atoms with van der Waals surface area (Å²) in [6.07, 6.45) is 6.24. The van der Waals surface area contributed by atoms with E-state index in [0.717, 1.165) is 41.5 Å². The molecule has 0 spiro atoms. The normalized spacial score (nSPS) is 16.0. The third kappa shape index (κ3) is 3.33. The maximum Gasteiger partial charge on any atom is 0.319 e. The number of carbonyl (C=O) groups is 1. The smallest absolute Gasteiger partial charge is 0.319 e. The number of carbonyl (C=O) groups excluding carboxylic acids is 1. The Hall–Kier alpha value is -3.08. The molecule has 0 bridgehead atoms. The number of fused-ring (bicyclic) bond motifs is 2. The number of aromatic nitrogens is 1. The van der Waals surface area contributed by atoms with Gasteiger partial charge in [-0.15, -0.1) is 0 Å². The number of anilines is 1. The van der Waals surface area contributed by atoms with E-state index in [1.54, 1.807) is 19.5 Å². The van der Waals surface area contributed by atoms with Crippen molar-refractivity contribution in [3.63, 3.8) is 0 Å². The van der Waals surface area contributed by atoms with Gasteiger partial charge in [0.15, 0.2) is 0 Å². The summed E-state index contributed by atoms with van der Waals surface area (Å²) in [5, 5.41) is 8.07. The molecule has 1 aromatic heterocycles. The molecule has 2 aromatic carbocycles. The van der Waals surface area contributed by atoms with Crippen LogP contribution in [0.4, 0.5) is 10.5 Å². The van der Waals surface area contributed by atoms with Crippen molar-refractivity contribution in [2.45, 2.75) is 25.3 Å². The van der Waals surface area contributed by atoms with Crippen LogP contribution in [0.3, 0.4) is 0 Å².